The molecule has 0 rings (SSSR count). The van der Waals surface area contributed by atoms with Crippen molar-refractivity contribution >= 4 is 5.91 Å². The van der Waals surface area contributed by atoms with Crippen LogP contribution >= 0.6 is 0 Å². The summed E-state index contributed by atoms with van der Waals surface area (Å²) in [7, 11) is 0. The lowest BCUT2D eigenvalue weighted by atomic mass is 10.00. The molecular weight excluding hydrogens is 470 g/mol. The molecule has 0 saturated carbocycles. The maximum atomic E-state index is 12.2. The molecular formula is C34H69NO3. The van der Waals surface area contributed by atoms with Gasteiger partial charge in [0.25, 0.3) is 0 Å². The molecule has 0 aliphatic heterocycles. The van der Waals surface area contributed by atoms with Gasteiger partial charge in [0.1, 0.15) is 0 Å². The normalized spacial score (nSPS) is 13.9. The van der Waals surface area contributed by atoms with E-state index in [2.05, 4.69) is 19.2 Å². The standard InChI is InChI=1S/C34H69NO3/c1-4-6-8-10-12-14-16-17-19-21-23-25-27-29-34(38)35-31(3)33(37)30-32(36)28-26-24-22-20-18-15-13-11-9-7-5-2/h31-33,36-37H,4-30H2,1-3H3,(H,35,38)/t31-,32-,33-/m0/s1. The second-order valence-electron chi connectivity index (χ2n) is 12.1. The zero-order valence-corrected chi connectivity index (χ0v) is 26.1. The van der Waals surface area contributed by atoms with Gasteiger partial charge in [-0.1, -0.05) is 162 Å². The Bertz CT molecular complexity index is 484. The third-order valence-electron chi connectivity index (χ3n) is 8.13. The molecule has 4 nitrogen and oxygen atoms in total. The Morgan fingerprint density at radius 1 is 0.553 bits per heavy atom. The summed E-state index contributed by atoms with van der Waals surface area (Å²) in [5.74, 6) is 0.0273. The summed E-state index contributed by atoms with van der Waals surface area (Å²) in [5.41, 5.74) is 0. The number of aliphatic hydroxyl groups excluding tert-OH is 2. The van der Waals surface area contributed by atoms with Crippen LogP contribution in [0.25, 0.3) is 0 Å². The van der Waals surface area contributed by atoms with Gasteiger partial charge in [0.2, 0.25) is 5.91 Å². The maximum Gasteiger partial charge on any atom is 0.220 e. The molecule has 3 N–H and O–H groups in total. The molecule has 0 heterocycles. The minimum absolute atomic E-state index is 0.0273. The van der Waals surface area contributed by atoms with Crippen molar-refractivity contribution in [3.05, 3.63) is 0 Å². The van der Waals surface area contributed by atoms with Crippen LogP contribution in [0, 0.1) is 0 Å². The van der Waals surface area contributed by atoms with Crippen molar-refractivity contribution in [1.29, 1.82) is 0 Å². The molecule has 0 radical (unpaired) electrons. The van der Waals surface area contributed by atoms with Gasteiger partial charge in [-0.25, -0.2) is 0 Å². The van der Waals surface area contributed by atoms with Crippen LogP contribution in [0.3, 0.4) is 0 Å². The minimum Gasteiger partial charge on any atom is -0.393 e. The largest absolute Gasteiger partial charge is 0.393 e. The van der Waals surface area contributed by atoms with Gasteiger partial charge >= 0.3 is 0 Å². The van der Waals surface area contributed by atoms with E-state index in [4.69, 9.17) is 0 Å². The van der Waals surface area contributed by atoms with Crippen molar-refractivity contribution in [3.63, 3.8) is 0 Å². The van der Waals surface area contributed by atoms with Crippen molar-refractivity contribution in [2.75, 3.05) is 0 Å². The Hall–Kier alpha value is -0.610. The van der Waals surface area contributed by atoms with E-state index in [-0.39, 0.29) is 11.9 Å². The van der Waals surface area contributed by atoms with E-state index in [1.54, 1.807) is 0 Å². The lowest BCUT2D eigenvalue weighted by Gasteiger charge is -2.22. The zero-order chi connectivity index (χ0) is 28.1. The van der Waals surface area contributed by atoms with E-state index in [0.29, 0.717) is 12.8 Å². The first-order valence-electron chi connectivity index (χ1n) is 17.2. The van der Waals surface area contributed by atoms with Gasteiger partial charge in [0.15, 0.2) is 0 Å². The quantitative estimate of drug-likeness (QED) is 0.0795. The molecule has 3 atom stereocenters. The molecule has 38 heavy (non-hydrogen) atoms. The zero-order valence-electron chi connectivity index (χ0n) is 26.1. The minimum atomic E-state index is -0.687. The van der Waals surface area contributed by atoms with Crippen molar-refractivity contribution < 1.29 is 15.0 Å². The predicted molar refractivity (Wildman–Crippen MR) is 166 cm³/mol. The van der Waals surface area contributed by atoms with Crippen molar-refractivity contribution in [3.8, 4) is 0 Å². The number of carbonyl (C=O) groups excluding carboxylic acids is 1. The topological polar surface area (TPSA) is 69.6 Å². The van der Waals surface area contributed by atoms with Crippen LogP contribution in [0.1, 0.15) is 194 Å². The third kappa shape index (κ3) is 27.0. The molecule has 0 bridgehead atoms. The molecule has 0 saturated heterocycles. The van der Waals surface area contributed by atoms with Gasteiger partial charge in [-0.15, -0.1) is 0 Å². The first-order chi connectivity index (χ1) is 18.5. The maximum absolute atomic E-state index is 12.2. The van der Waals surface area contributed by atoms with Gasteiger partial charge in [0, 0.05) is 12.8 Å². The number of rotatable bonds is 30. The second-order valence-corrected chi connectivity index (χ2v) is 12.1. The predicted octanol–water partition coefficient (Wildman–Crippen LogP) is 9.79. The fourth-order valence-electron chi connectivity index (χ4n) is 5.37. The third-order valence-corrected chi connectivity index (χ3v) is 8.13. The van der Waals surface area contributed by atoms with Crippen LogP contribution in [0.2, 0.25) is 0 Å². The van der Waals surface area contributed by atoms with Crippen LogP contribution in [0.4, 0.5) is 0 Å². The molecule has 1 amide bonds. The lowest BCUT2D eigenvalue weighted by molar-refractivity contribution is -0.122. The summed E-state index contributed by atoms with van der Waals surface area (Å²) in [6.07, 6.45) is 31.7. The summed E-state index contributed by atoms with van der Waals surface area (Å²) >= 11 is 0. The SMILES string of the molecule is CCCCCCCCCCCCCCCC(=O)N[C@@H](C)[C@@H](O)C[C@@H](O)CCCCCCCCCCCCC. The van der Waals surface area contributed by atoms with Crippen LogP contribution in [0.5, 0.6) is 0 Å². The van der Waals surface area contributed by atoms with E-state index in [1.807, 2.05) is 6.92 Å². The highest BCUT2D eigenvalue weighted by atomic mass is 16.3. The van der Waals surface area contributed by atoms with E-state index >= 15 is 0 Å². The highest BCUT2D eigenvalue weighted by Gasteiger charge is 2.19. The Labute approximate surface area is 238 Å². The number of aliphatic hydroxyl groups is 2. The summed E-state index contributed by atoms with van der Waals surface area (Å²) in [6, 6.07) is -0.309. The van der Waals surface area contributed by atoms with E-state index in [9.17, 15) is 15.0 Å². The van der Waals surface area contributed by atoms with E-state index in [1.165, 1.54) is 128 Å². The van der Waals surface area contributed by atoms with Crippen LogP contribution in [-0.2, 0) is 4.79 Å². The van der Waals surface area contributed by atoms with Gasteiger partial charge in [-0.05, 0) is 19.8 Å². The monoisotopic (exact) mass is 540 g/mol. The number of nitrogens with one attached hydrogen (secondary N) is 1. The molecule has 0 aliphatic carbocycles. The second kappa shape index (κ2) is 29.4. The fourth-order valence-corrected chi connectivity index (χ4v) is 5.37. The number of carbonyl (C=O) groups is 1. The van der Waals surface area contributed by atoms with Crippen molar-refractivity contribution in [2.45, 2.75) is 212 Å². The number of unbranched alkanes of at least 4 members (excludes halogenated alkanes) is 22. The molecule has 0 spiro atoms. The Morgan fingerprint density at radius 2 is 0.895 bits per heavy atom. The smallest absolute Gasteiger partial charge is 0.220 e. The fraction of sp³-hybridized carbons (Fsp3) is 0.971. The summed E-state index contributed by atoms with van der Waals surface area (Å²) in [4.78, 5) is 12.2. The molecule has 0 aromatic carbocycles. The average molecular weight is 540 g/mol. The first kappa shape index (κ1) is 37.4. The van der Waals surface area contributed by atoms with Gasteiger partial charge in [-0.3, -0.25) is 4.79 Å². The molecule has 0 aromatic rings. The highest BCUT2D eigenvalue weighted by molar-refractivity contribution is 5.76. The number of hydrogen-bond acceptors (Lipinski definition) is 3. The van der Waals surface area contributed by atoms with E-state index in [0.717, 1.165) is 32.1 Å². The van der Waals surface area contributed by atoms with Crippen LogP contribution in [-0.4, -0.2) is 34.4 Å². The van der Waals surface area contributed by atoms with Crippen LogP contribution < -0.4 is 5.32 Å². The van der Waals surface area contributed by atoms with Gasteiger partial charge in [0.05, 0.1) is 18.2 Å². The molecule has 228 valence electrons. The summed E-state index contributed by atoms with van der Waals surface area (Å²) in [5, 5.41) is 23.7. The Kier molecular flexibility index (Phi) is 28.9. The van der Waals surface area contributed by atoms with Crippen molar-refractivity contribution in [2.24, 2.45) is 0 Å². The first-order valence-corrected chi connectivity index (χ1v) is 17.2. The summed E-state index contributed by atoms with van der Waals surface area (Å²) < 4.78 is 0. The Morgan fingerprint density at radius 3 is 1.29 bits per heavy atom. The molecule has 0 unspecified atom stereocenters. The Balaban J connectivity index is 3.55. The summed E-state index contributed by atoms with van der Waals surface area (Å²) in [6.45, 7) is 6.38. The molecule has 0 fully saturated rings. The molecule has 0 aromatic heterocycles. The highest BCUT2D eigenvalue weighted by Crippen LogP contribution is 2.15. The van der Waals surface area contributed by atoms with Crippen LogP contribution in [0.15, 0.2) is 0 Å². The number of hydrogen-bond donors (Lipinski definition) is 3. The molecule has 0 aliphatic rings. The van der Waals surface area contributed by atoms with Crippen molar-refractivity contribution in [1.82, 2.24) is 5.32 Å². The van der Waals surface area contributed by atoms with Gasteiger partial charge < -0.3 is 15.5 Å². The molecule has 4 heteroatoms. The van der Waals surface area contributed by atoms with E-state index < -0.39 is 12.2 Å². The van der Waals surface area contributed by atoms with Gasteiger partial charge in [-0.2, -0.15) is 0 Å². The average Bonchev–Trinajstić information content (AvgIpc) is 2.89. The number of amides is 1. The lowest BCUT2D eigenvalue weighted by Crippen LogP contribution is -2.42.